The molecule has 20 heavy (non-hydrogen) atoms. The summed E-state index contributed by atoms with van der Waals surface area (Å²) in [6.45, 7) is 0. The Kier molecular flexibility index (Phi) is 4.29. The van der Waals surface area contributed by atoms with Crippen molar-refractivity contribution in [3.05, 3.63) is 29.3 Å². The normalized spacial score (nSPS) is 17.6. The molecule has 0 saturated carbocycles. The number of phenolic OH excluding ortho intramolecular Hbond substituents is 1. The first-order valence-corrected chi connectivity index (χ1v) is 6.82. The van der Waals surface area contributed by atoms with Crippen molar-refractivity contribution < 1.29 is 24.5 Å². The summed E-state index contributed by atoms with van der Waals surface area (Å²) in [5, 5.41) is 19.4. The smallest absolute Gasteiger partial charge is 0.337 e. The number of benzene rings is 1. The minimum Gasteiger partial charge on any atom is -0.508 e. The second-order valence-electron chi connectivity index (χ2n) is 4.20. The quantitative estimate of drug-likeness (QED) is 0.813. The third-order valence-corrected chi connectivity index (χ3v) is 3.91. The molecule has 106 valence electrons. The fourth-order valence-corrected chi connectivity index (χ4v) is 2.79. The van der Waals surface area contributed by atoms with Gasteiger partial charge >= 0.3 is 11.9 Å². The van der Waals surface area contributed by atoms with Crippen LogP contribution in [0.4, 0.5) is 0 Å². The van der Waals surface area contributed by atoms with Crippen LogP contribution in [0.15, 0.2) is 23.2 Å². The van der Waals surface area contributed by atoms with E-state index in [2.05, 4.69) is 9.73 Å². The second kappa shape index (κ2) is 5.96. The summed E-state index contributed by atoms with van der Waals surface area (Å²) < 4.78 is 4.56. The van der Waals surface area contributed by atoms with Gasteiger partial charge in [0.25, 0.3) is 0 Å². The van der Waals surface area contributed by atoms with Crippen molar-refractivity contribution in [1.82, 2.24) is 0 Å². The third-order valence-electron chi connectivity index (χ3n) is 2.84. The molecule has 6 nitrogen and oxygen atoms in total. The summed E-state index contributed by atoms with van der Waals surface area (Å²) >= 11 is 1.36. The van der Waals surface area contributed by atoms with Crippen molar-refractivity contribution in [3.63, 3.8) is 0 Å². The maximum absolute atomic E-state index is 11.3. The van der Waals surface area contributed by atoms with Gasteiger partial charge in [-0.3, -0.25) is 4.99 Å². The number of hydrogen-bond acceptors (Lipinski definition) is 6. The lowest BCUT2D eigenvalue weighted by atomic mass is 10.1. The molecule has 0 aromatic heterocycles. The predicted molar refractivity (Wildman–Crippen MR) is 74.5 cm³/mol. The molecule has 1 heterocycles. The van der Waals surface area contributed by atoms with Gasteiger partial charge in [-0.2, -0.15) is 0 Å². The standard InChI is InChI=1S/C13H13NO5S/c1-19-13(18)8-3-2-7(10(15)4-8)5-11-14-9(6-20-11)12(16)17/h2-4,9,15H,5-6H2,1H3,(H,16,17)/t9-/m0/s1. The highest BCUT2D eigenvalue weighted by Gasteiger charge is 2.24. The van der Waals surface area contributed by atoms with Crippen LogP contribution in [0.2, 0.25) is 0 Å². The minimum atomic E-state index is -0.947. The molecule has 0 unspecified atom stereocenters. The number of ether oxygens (including phenoxy) is 1. The van der Waals surface area contributed by atoms with E-state index in [1.54, 1.807) is 12.1 Å². The number of carbonyl (C=O) groups is 2. The number of phenols is 1. The number of aromatic hydroxyl groups is 1. The summed E-state index contributed by atoms with van der Waals surface area (Å²) in [4.78, 5) is 26.2. The number of carboxylic acids is 1. The van der Waals surface area contributed by atoms with Gasteiger partial charge in [0.1, 0.15) is 5.75 Å². The molecule has 2 N–H and O–H groups in total. The number of aliphatic imine (C=N–C) groups is 1. The molecular weight excluding hydrogens is 282 g/mol. The summed E-state index contributed by atoms with van der Waals surface area (Å²) in [6, 6.07) is 3.77. The maximum atomic E-state index is 11.3. The molecule has 0 amide bonds. The third kappa shape index (κ3) is 3.11. The van der Waals surface area contributed by atoms with Crippen molar-refractivity contribution >= 4 is 28.7 Å². The van der Waals surface area contributed by atoms with E-state index in [0.717, 1.165) is 0 Å². The van der Waals surface area contributed by atoms with Crippen molar-refractivity contribution in [2.24, 2.45) is 4.99 Å². The van der Waals surface area contributed by atoms with Gasteiger partial charge < -0.3 is 14.9 Å². The Hall–Kier alpha value is -2.02. The van der Waals surface area contributed by atoms with Gasteiger partial charge in [-0.15, -0.1) is 11.8 Å². The van der Waals surface area contributed by atoms with E-state index in [4.69, 9.17) is 5.11 Å². The van der Waals surface area contributed by atoms with E-state index in [0.29, 0.717) is 22.8 Å². The molecule has 1 aromatic carbocycles. The van der Waals surface area contributed by atoms with Crippen LogP contribution in [0, 0.1) is 0 Å². The van der Waals surface area contributed by atoms with Crippen molar-refractivity contribution in [3.8, 4) is 5.75 Å². The van der Waals surface area contributed by atoms with E-state index >= 15 is 0 Å². The van der Waals surface area contributed by atoms with Crippen LogP contribution in [0.3, 0.4) is 0 Å². The van der Waals surface area contributed by atoms with Crippen LogP contribution in [-0.4, -0.2) is 46.1 Å². The molecule has 0 spiro atoms. The highest BCUT2D eigenvalue weighted by molar-refractivity contribution is 8.14. The maximum Gasteiger partial charge on any atom is 0.337 e. The van der Waals surface area contributed by atoms with Crippen LogP contribution in [0.1, 0.15) is 15.9 Å². The average molecular weight is 295 g/mol. The van der Waals surface area contributed by atoms with Gasteiger partial charge in [-0.05, 0) is 12.1 Å². The molecule has 0 aliphatic carbocycles. The first kappa shape index (κ1) is 14.4. The Bertz CT molecular complexity index is 584. The number of esters is 1. The Morgan fingerprint density at radius 2 is 2.25 bits per heavy atom. The van der Waals surface area contributed by atoms with E-state index in [-0.39, 0.29) is 11.3 Å². The molecule has 7 heteroatoms. The molecule has 1 aliphatic rings. The molecule has 2 rings (SSSR count). The fraction of sp³-hybridized carbons (Fsp3) is 0.308. The van der Waals surface area contributed by atoms with E-state index in [1.165, 1.54) is 24.9 Å². The topological polar surface area (TPSA) is 96.2 Å². The van der Waals surface area contributed by atoms with Crippen LogP contribution < -0.4 is 0 Å². The van der Waals surface area contributed by atoms with Gasteiger partial charge in [0.2, 0.25) is 0 Å². The van der Waals surface area contributed by atoms with Crippen LogP contribution in [0.25, 0.3) is 0 Å². The number of aliphatic carboxylic acids is 1. The zero-order chi connectivity index (χ0) is 14.7. The van der Waals surface area contributed by atoms with Gasteiger partial charge in [-0.1, -0.05) is 6.07 Å². The molecule has 0 radical (unpaired) electrons. The molecule has 0 fully saturated rings. The SMILES string of the molecule is COC(=O)c1ccc(CC2=N[C@H](C(=O)O)CS2)c(O)c1. The number of hydrogen-bond donors (Lipinski definition) is 2. The molecule has 0 bridgehead atoms. The number of rotatable bonds is 4. The van der Waals surface area contributed by atoms with Gasteiger partial charge in [0, 0.05) is 17.7 Å². The largest absolute Gasteiger partial charge is 0.508 e. The number of nitrogens with zero attached hydrogens (tertiary/aromatic N) is 1. The lowest BCUT2D eigenvalue weighted by molar-refractivity contribution is -0.137. The molecule has 1 aromatic rings. The molecular formula is C13H13NO5S. The van der Waals surface area contributed by atoms with Crippen LogP contribution in [-0.2, 0) is 16.0 Å². The Morgan fingerprint density at radius 3 is 2.80 bits per heavy atom. The first-order valence-electron chi connectivity index (χ1n) is 5.83. The van der Waals surface area contributed by atoms with Gasteiger partial charge in [0.05, 0.1) is 17.7 Å². The molecule has 1 atom stereocenters. The summed E-state index contributed by atoms with van der Waals surface area (Å²) in [6.07, 6.45) is 0.349. The summed E-state index contributed by atoms with van der Waals surface area (Å²) in [5.74, 6) is -1.09. The summed E-state index contributed by atoms with van der Waals surface area (Å²) in [5.41, 5.74) is 0.855. The molecule has 0 saturated heterocycles. The number of carboxylic acid groups (broad SMARTS) is 1. The van der Waals surface area contributed by atoms with Crippen molar-refractivity contribution in [1.29, 1.82) is 0 Å². The van der Waals surface area contributed by atoms with Crippen LogP contribution in [0.5, 0.6) is 5.75 Å². The lowest BCUT2D eigenvalue weighted by Gasteiger charge is -2.06. The number of thioether (sulfide) groups is 1. The van der Waals surface area contributed by atoms with Gasteiger partial charge in [-0.25, -0.2) is 9.59 Å². The predicted octanol–water partition coefficient (Wildman–Crippen LogP) is 1.32. The van der Waals surface area contributed by atoms with E-state index in [9.17, 15) is 14.7 Å². The Morgan fingerprint density at radius 1 is 1.50 bits per heavy atom. The Labute approximate surface area is 119 Å². The monoisotopic (exact) mass is 295 g/mol. The minimum absolute atomic E-state index is 0.0324. The van der Waals surface area contributed by atoms with E-state index < -0.39 is 18.0 Å². The zero-order valence-electron chi connectivity index (χ0n) is 10.7. The second-order valence-corrected chi connectivity index (χ2v) is 5.29. The Balaban J connectivity index is 2.13. The zero-order valence-corrected chi connectivity index (χ0v) is 11.5. The summed E-state index contributed by atoms with van der Waals surface area (Å²) in [7, 11) is 1.27. The fourth-order valence-electron chi connectivity index (χ4n) is 1.77. The average Bonchev–Trinajstić information content (AvgIpc) is 2.89. The van der Waals surface area contributed by atoms with Crippen LogP contribution >= 0.6 is 11.8 Å². The lowest BCUT2D eigenvalue weighted by Crippen LogP contribution is -2.17. The van der Waals surface area contributed by atoms with Crippen molar-refractivity contribution in [2.45, 2.75) is 12.5 Å². The van der Waals surface area contributed by atoms with E-state index in [1.807, 2.05) is 0 Å². The number of carbonyl (C=O) groups excluding carboxylic acids is 1. The van der Waals surface area contributed by atoms with Crippen molar-refractivity contribution in [2.75, 3.05) is 12.9 Å². The first-order chi connectivity index (χ1) is 9.51. The van der Waals surface area contributed by atoms with Gasteiger partial charge in [0.15, 0.2) is 6.04 Å². The highest BCUT2D eigenvalue weighted by atomic mass is 32.2. The molecule has 1 aliphatic heterocycles. The number of methoxy groups -OCH3 is 1. The highest BCUT2D eigenvalue weighted by Crippen LogP contribution is 2.26.